The number of hydrogen-bond acceptors (Lipinski definition) is 2. The molecule has 0 radical (unpaired) electrons. The summed E-state index contributed by atoms with van der Waals surface area (Å²) in [5.74, 6) is -0.0812. The van der Waals surface area contributed by atoms with Crippen LogP contribution in [0.4, 0.5) is 0 Å². The molecule has 0 bridgehead atoms. The number of fused-ring (bicyclic) bond motifs is 1. The molecule has 0 fully saturated rings. The van der Waals surface area contributed by atoms with Crippen LogP contribution in [0.5, 0.6) is 0 Å². The third-order valence-corrected chi connectivity index (χ3v) is 3.15. The molecule has 3 nitrogen and oxygen atoms in total. The number of para-hydroxylation sites is 1. The molecular weight excluding hydrogens is 236 g/mol. The van der Waals surface area contributed by atoms with Gasteiger partial charge in [-0.1, -0.05) is 50.5 Å². The summed E-state index contributed by atoms with van der Waals surface area (Å²) in [6.45, 7) is 2.91. The van der Waals surface area contributed by atoms with E-state index in [4.69, 9.17) is 0 Å². The van der Waals surface area contributed by atoms with Gasteiger partial charge in [-0.15, -0.1) is 0 Å². The molecule has 1 amide bonds. The van der Waals surface area contributed by atoms with E-state index in [9.17, 15) is 4.79 Å². The van der Waals surface area contributed by atoms with Gasteiger partial charge < -0.3 is 5.32 Å². The maximum Gasteiger partial charge on any atom is 0.269 e. The van der Waals surface area contributed by atoms with Crippen molar-refractivity contribution in [1.29, 1.82) is 0 Å². The molecule has 0 saturated carbocycles. The number of carbonyl (C=O) groups excluding carboxylic acids is 1. The van der Waals surface area contributed by atoms with Crippen LogP contribution in [-0.2, 0) is 0 Å². The van der Waals surface area contributed by atoms with E-state index in [1.165, 1.54) is 19.3 Å². The molecule has 1 aromatic heterocycles. The number of amides is 1. The number of carbonyl (C=O) groups is 1. The second kappa shape index (κ2) is 6.88. The number of unbranched alkanes of at least 4 members (excludes halogenated alkanes) is 3. The second-order valence-electron chi connectivity index (χ2n) is 4.71. The van der Waals surface area contributed by atoms with E-state index in [1.807, 2.05) is 30.3 Å². The van der Waals surface area contributed by atoms with Gasteiger partial charge in [0.2, 0.25) is 0 Å². The highest BCUT2D eigenvalue weighted by atomic mass is 16.1. The van der Waals surface area contributed by atoms with Crippen molar-refractivity contribution >= 4 is 16.8 Å². The minimum Gasteiger partial charge on any atom is -0.351 e. The molecule has 19 heavy (non-hydrogen) atoms. The first-order valence-corrected chi connectivity index (χ1v) is 6.95. The third kappa shape index (κ3) is 3.78. The van der Waals surface area contributed by atoms with Crippen LogP contribution in [0.1, 0.15) is 43.1 Å². The molecule has 0 saturated heterocycles. The lowest BCUT2D eigenvalue weighted by atomic mass is 10.2. The largest absolute Gasteiger partial charge is 0.351 e. The molecule has 1 N–H and O–H groups in total. The van der Waals surface area contributed by atoms with Gasteiger partial charge in [0.15, 0.2) is 0 Å². The number of nitrogens with zero attached hydrogens (tertiary/aromatic N) is 1. The molecule has 0 aliphatic carbocycles. The average Bonchev–Trinajstić information content (AvgIpc) is 2.46. The zero-order valence-electron chi connectivity index (χ0n) is 11.4. The fourth-order valence-corrected chi connectivity index (χ4v) is 2.04. The van der Waals surface area contributed by atoms with Crippen LogP contribution < -0.4 is 5.32 Å². The molecule has 3 heteroatoms. The minimum absolute atomic E-state index is 0.0812. The lowest BCUT2D eigenvalue weighted by Gasteiger charge is -2.05. The molecular formula is C16H20N2O. The number of nitrogens with one attached hydrogen (secondary N) is 1. The Bertz CT molecular complexity index is 551. The summed E-state index contributed by atoms with van der Waals surface area (Å²) in [6, 6.07) is 11.5. The Morgan fingerprint density at radius 3 is 2.79 bits per heavy atom. The van der Waals surface area contributed by atoms with Crippen LogP contribution in [0.25, 0.3) is 10.9 Å². The summed E-state index contributed by atoms with van der Waals surface area (Å²) < 4.78 is 0. The molecule has 100 valence electrons. The van der Waals surface area contributed by atoms with Crippen molar-refractivity contribution in [2.75, 3.05) is 6.54 Å². The van der Waals surface area contributed by atoms with E-state index in [0.717, 1.165) is 23.9 Å². The van der Waals surface area contributed by atoms with Gasteiger partial charge in [0.1, 0.15) is 5.69 Å². The molecule has 0 aliphatic rings. The lowest BCUT2D eigenvalue weighted by Crippen LogP contribution is -2.25. The lowest BCUT2D eigenvalue weighted by molar-refractivity contribution is 0.0948. The highest BCUT2D eigenvalue weighted by Gasteiger charge is 2.06. The van der Waals surface area contributed by atoms with Crippen LogP contribution in [0, 0.1) is 0 Å². The van der Waals surface area contributed by atoms with Gasteiger partial charge in [0.05, 0.1) is 5.52 Å². The fourth-order valence-electron chi connectivity index (χ4n) is 2.04. The molecule has 1 heterocycles. The van der Waals surface area contributed by atoms with Crippen molar-refractivity contribution in [2.45, 2.75) is 32.6 Å². The maximum absolute atomic E-state index is 11.9. The molecule has 1 aromatic carbocycles. The predicted molar refractivity (Wildman–Crippen MR) is 78.2 cm³/mol. The van der Waals surface area contributed by atoms with E-state index >= 15 is 0 Å². The topological polar surface area (TPSA) is 42.0 Å². The van der Waals surface area contributed by atoms with E-state index in [1.54, 1.807) is 6.07 Å². The van der Waals surface area contributed by atoms with Gasteiger partial charge in [-0.2, -0.15) is 0 Å². The first-order chi connectivity index (χ1) is 9.31. The molecule has 0 aliphatic heterocycles. The molecule has 2 aromatic rings. The SMILES string of the molecule is CCCCCCNC(=O)c1ccc2ccccc2n1. The number of benzene rings is 1. The van der Waals surface area contributed by atoms with Crippen molar-refractivity contribution in [3.8, 4) is 0 Å². The van der Waals surface area contributed by atoms with Gasteiger partial charge in [-0.05, 0) is 18.6 Å². The molecule has 0 unspecified atom stereocenters. The number of rotatable bonds is 6. The van der Waals surface area contributed by atoms with Crippen LogP contribution in [0.3, 0.4) is 0 Å². The van der Waals surface area contributed by atoms with Crippen molar-refractivity contribution < 1.29 is 4.79 Å². The van der Waals surface area contributed by atoms with E-state index in [-0.39, 0.29) is 5.91 Å². The van der Waals surface area contributed by atoms with Gasteiger partial charge in [0.25, 0.3) is 5.91 Å². The number of hydrogen-bond donors (Lipinski definition) is 1. The molecule has 0 spiro atoms. The Balaban J connectivity index is 1.93. The van der Waals surface area contributed by atoms with Gasteiger partial charge in [-0.3, -0.25) is 4.79 Å². The van der Waals surface area contributed by atoms with E-state index in [2.05, 4.69) is 17.2 Å². The zero-order chi connectivity index (χ0) is 13.5. The standard InChI is InChI=1S/C16H20N2O/c1-2-3-4-7-12-17-16(19)15-11-10-13-8-5-6-9-14(13)18-15/h5-6,8-11H,2-4,7,12H2,1H3,(H,17,19). The average molecular weight is 256 g/mol. The monoisotopic (exact) mass is 256 g/mol. The minimum atomic E-state index is -0.0812. The van der Waals surface area contributed by atoms with Crippen molar-refractivity contribution in [1.82, 2.24) is 10.3 Å². The van der Waals surface area contributed by atoms with Crippen molar-refractivity contribution in [3.05, 3.63) is 42.1 Å². The first kappa shape index (κ1) is 13.5. The highest BCUT2D eigenvalue weighted by molar-refractivity contribution is 5.94. The zero-order valence-corrected chi connectivity index (χ0v) is 11.4. The van der Waals surface area contributed by atoms with Crippen LogP contribution in [0.2, 0.25) is 0 Å². The summed E-state index contributed by atoms with van der Waals surface area (Å²) in [4.78, 5) is 16.3. The van der Waals surface area contributed by atoms with E-state index in [0.29, 0.717) is 5.69 Å². The smallest absolute Gasteiger partial charge is 0.269 e. The Kier molecular flexibility index (Phi) is 4.90. The quantitative estimate of drug-likeness (QED) is 0.803. The Labute approximate surface area is 114 Å². The van der Waals surface area contributed by atoms with Crippen molar-refractivity contribution in [3.63, 3.8) is 0 Å². The number of pyridine rings is 1. The third-order valence-electron chi connectivity index (χ3n) is 3.15. The van der Waals surface area contributed by atoms with Crippen molar-refractivity contribution in [2.24, 2.45) is 0 Å². The van der Waals surface area contributed by atoms with Gasteiger partial charge >= 0.3 is 0 Å². The summed E-state index contributed by atoms with van der Waals surface area (Å²) >= 11 is 0. The van der Waals surface area contributed by atoms with Gasteiger partial charge in [-0.25, -0.2) is 4.98 Å². The Morgan fingerprint density at radius 1 is 1.11 bits per heavy atom. The normalized spacial score (nSPS) is 10.6. The first-order valence-electron chi connectivity index (χ1n) is 6.95. The van der Waals surface area contributed by atoms with Crippen LogP contribution in [-0.4, -0.2) is 17.4 Å². The van der Waals surface area contributed by atoms with E-state index < -0.39 is 0 Å². The highest BCUT2D eigenvalue weighted by Crippen LogP contribution is 2.11. The predicted octanol–water partition coefficient (Wildman–Crippen LogP) is 3.54. The summed E-state index contributed by atoms with van der Waals surface area (Å²) in [6.07, 6.45) is 4.64. The van der Waals surface area contributed by atoms with Crippen LogP contribution >= 0.6 is 0 Å². The summed E-state index contributed by atoms with van der Waals surface area (Å²) in [5.41, 5.74) is 1.36. The maximum atomic E-state index is 11.9. The molecule has 0 atom stereocenters. The fraction of sp³-hybridized carbons (Fsp3) is 0.375. The molecule has 2 rings (SSSR count). The van der Waals surface area contributed by atoms with Gasteiger partial charge in [0, 0.05) is 11.9 Å². The summed E-state index contributed by atoms with van der Waals surface area (Å²) in [7, 11) is 0. The number of aromatic nitrogens is 1. The Hall–Kier alpha value is -1.90. The Morgan fingerprint density at radius 2 is 1.95 bits per heavy atom. The summed E-state index contributed by atoms with van der Waals surface area (Å²) in [5, 5.41) is 3.98. The van der Waals surface area contributed by atoms with Crippen LogP contribution in [0.15, 0.2) is 36.4 Å². The second-order valence-corrected chi connectivity index (χ2v) is 4.71.